The van der Waals surface area contributed by atoms with Crippen molar-refractivity contribution >= 4 is 40.2 Å². The van der Waals surface area contributed by atoms with E-state index in [4.69, 9.17) is 9.47 Å². The topological polar surface area (TPSA) is 106 Å². The van der Waals surface area contributed by atoms with E-state index in [-0.39, 0.29) is 18.6 Å². The minimum absolute atomic E-state index is 0.124. The highest BCUT2D eigenvalue weighted by Crippen LogP contribution is 2.36. The minimum Gasteiger partial charge on any atom is -0.454 e. The average Bonchev–Trinajstić information content (AvgIpc) is 3.62. The molecule has 0 radical (unpaired) electrons. The van der Waals surface area contributed by atoms with Crippen molar-refractivity contribution < 1.29 is 27.4 Å². The van der Waals surface area contributed by atoms with Gasteiger partial charge in [-0.1, -0.05) is 0 Å². The number of carbonyl (C=O) groups is 1. The van der Waals surface area contributed by atoms with Crippen molar-refractivity contribution in [1.82, 2.24) is 24.4 Å². The van der Waals surface area contributed by atoms with Crippen molar-refractivity contribution in [3.8, 4) is 11.5 Å². The summed E-state index contributed by atoms with van der Waals surface area (Å²) in [5.74, 6) is 1.90. The van der Waals surface area contributed by atoms with Gasteiger partial charge in [0.15, 0.2) is 28.5 Å². The van der Waals surface area contributed by atoms with E-state index in [0.717, 1.165) is 25.1 Å². The van der Waals surface area contributed by atoms with E-state index in [2.05, 4.69) is 25.6 Å². The number of benzene rings is 2. The quantitative estimate of drug-likeness (QED) is 0.358. The highest BCUT2D eigenvalue weighted by molar-refractivity contribution is 5.87. The lowest BCUT2D eigenvalue weighted by Crippen LogP contribution is -2.28. The molecule has 2 N–H and O–H groups in total. The van der Waals surface area contributed by atoms with Crippen LogP contribution in [0.15, 0.2) is 48.8 Å². The smallest absolute Gasteiger partial charge is 0.416 e. The molecule has 0 saturated carbocycles. The van der Waals surface area contributed by atoms with E-state index >= 15 is 0 Å². The van der Waals surface area contributed by atoms with Crippen LogP contribution >= 0.6 is 0 Å². The minimum atomic E-state index is -4.43. The highest BCUT2D eigenvalue weighted by atomic mass is 19.4. The van der Waals surface area contributed by atoms with Crippen LogP contribution in [0.1, 0.15) is 18.4 Å². The Bertz CT molecular complexity index is 1500. The van der Waals surface area contributed by atoms with Crippen LogP contribution < -0.4 is 20.1 Å². The summed E-state index contributed by atoms with van der Waals surface area (Å²) in [6, 6.07) is 9.97. The molecular weight excluding hydrogens is 503 g/mol. The summed E-state index contributed by atoms with van der Waals surface area (Å²) in [4.78, 5) is 27.5. The zero-order chi connectivity index (χ0) is 26.3. The molecule has 0 aliphatic carbocycles. The fourth-order valence-corrected chi connectivity index (χ4v) is 4.40. The van der Waals surface area contributed by atoms with Crippen LogP contribution in [0.3, 0.4) is 0 Å². The third-order valence-corrected chi connectivity index (χ3v) is 6.35. The lowest BCUT2D eigenvalue weighted by Gasteiger charge is -2.16. The van der Waals surface area contributed by atoms with E-state index < -0.39 is 11.7 Å². The monoisotopic (exact) mass is 525 g/mol. The molecule has 1 saturated heterocycles. The molecule has 2 aromatic heterocycles. The number of hydrogen-bond donors (Lipinski definition) is 2. The van der Waals surface area contributed by atoms with Gasteiger partial charge in [0, 0.05) is 43.5 Å². The number of halogens is 3. The van der Waals surface area contributed by atoms with Gasteiger partial charge in [-0.05, 0) is 42.8 Å². The Morgan fingerprint density at radius 3 is 2.50 bits per heavy atom. The summed E-state index contributed by atoms with van der Waals surface area (Å²) in [6.07, 6.45) is -1.40. The fourth-order valence-electron chi connectivity index (χ4n) is 4.40. The molecule has 2 aromatic carbocycles. The maximum atomic E-state index is 13.0. The average molecular weight is 525 g/mol. The number of hydrogen-bond acceptors (Lipinski definition) is 8. The van der Waals surface area contributed by atoms with Gasteiger partial charge in [0.05, 0.1) is 11.9 Å². The van der Waals surface area contributed by atoms with Gasteiger partial charge in [0.25, 0.3) is 0 Å². The first kappa shape index (κ1) is 23.8. The van der Waals surface area contributed by atoms with Gasteiger partial charge < -0.3 is 29.6 Å². The number of carbonyl (C=O) groups excluding carboxylic acids is 1. The van der Waals surface area contributed by atoms with E-state index in [1.807, 2.05) is 4.57 Å². The largest absolute Gasteiger partial charge is 0.454 e. The SMILES string of the molecule is O=C1CCCN1CCn1cnc2c(Nc3ccc4c(c3)OCO4)nc(Nc3ccc(C(F)(F)F)cc3)nc21. The van der Waals surface area contributed by atoms with Gasteiger partial charge in [0.1, 0.15) is 0 Å². The molecule has 196 valence electrons. The number of fused-ring (bicyclic) bond motifs is 2. The van der Waals surface area contributed by atoms with Crippen molar-refractivity contribution in [1.29, 1.82) is 0 Å². The van der Waals surface area contributed by atoms with Gasteiger partial charge in [-0.2, -0.15) is 23.1 Å². The number of anilines is 4. The second-order valence-electron chi connectivity index (χ2n) is 8.88. The maximum absolute atomic E-state index is 13.0. The van der Waals surface area contributed by atoms with Crippen molar-refractivity contribution in [3.63, 3.8) is 0 Å². The van der Waals surface area contributed by atoms with Crippen LogP contribution in [-0.4, -0.2) is 50.2 Å². The van der Waals surface area contributed by atoms with Crippen LogP contribution in [0.2, 0.25) is 0 Å². The molecule has 0 spiro atoms. The molecule has 2 aliphatic rings. The number of nitrogens with zero attached hydrogens (tertiary/aromatic N) is 5. The Balaban J connectivity index is 1.33. The number of rotatable bonds is 7. The highest BCUT2D eigenvalue weighted by Gasteiger charge is 2.30. The molecule has 1 fully saturated rings. The second kappa shape index (κ2) is 9.39. The Kier molecular flexibility index (Phi) is 5.89. The van der Waals surface area contributed by atoms with Crippen LogP contribution in [0, 0.1) is 0 Å². The molecule has 0 atom stereocenters. The molecule has 0 bridgehead atoms. The molecule has 4 heterocycles. The first-order valence-electron chi connectivity index (χ1n) is 11.9. The molecule has 1 amide bonds. The Morgan fingerprint density at radius 2 is 1.74 bits per heavy atom. The van der Waals surface area contributed by atoms with E-state index in [0.29, 0.717) is 59.4 Å². The number of alkyl halides is 3. The number of likely N-dealkylation sites (tertiary alicyclic amines) is 1. The lowest BCUT2D eigenvalue weighted by atomic mass is 10.2. The maximum Gasteiger partial charge on any atom is 0.416 e. The van der Waals surface area contributed by atoms with Crippen molar-refractivity contribution in [3.05, 3.63) is 54.4 Å². The van der Waals surface area contributed by atoms with Crippen LogP contribution in [0.4, 0.5) is 36.3 Å². The van der Waals surface area contributed by atoms with E-state index in [1.54, 1.807) is 29.4 Å². The second-order valence-corrected chi connectivity index (χ2v) is 8.88. The van der Waals surface area contributed by atoms with E-state index in [1.165, 1.54) is 12.1 Å². The molecule has 38 heavy (non-hydrogen) atoms. The van der Waals surface area contributed by atoms with Gasteiger partial charge in [-0.3, -0.25) is 4.79 Å². The zero-order valence-corrected chi connectivity index (χ0v) is 20.0. The number of ether oxygens (including phenoxy) is 2. The number of nitrogens with one attached hydrogen (secondary N) is 2. The lowest BCUT2D eigenvalue weighted by molar-refractivity contribution is -0.137. The molecular formula is C25H22F3N7O3. The first-order valence-corrected chi connectivity index (χ1v) is 11.9. The zero-order valence-electron chi connectivity index (χ0n) is 20.0. The predicted octanol–water partition coefficient (Wildman–Crippen LogP) is 4.68. The van der Waals surface area contributed by atoms with Gasteiger partial charge in [-0.15, -0.1) is 0 Å². The summed E-state index contributed by atoms with van der Waals surface area (Å²) in [5, 5.41) is 6.22. The van der Waals surface area contributed by atoms with Crippen LogP contribution in [0.5, 0.6) is 11.5 Å². The summed E-state index contributed by atoms with van der Waals surface area (Å²) in [6.45, 7) is 1.85. The fraction of sp³-hybridized carbons (Fsp3) is 0.280. The van der Waals surface area contributed by atoms with Gasteiger partial charge in [-0.25, -0.2) is 4.98 Å². The molecule has 0 unspecified atom stereocenters. The normalized spacial score (nSPS) is 14.9. The number of aromatic nitrogens is 4. The Labute approximate surface area is 214 Å². The number of amides is 1. The van der Waals surface area contributed by atoms with Crippen LogP contribution in [0.25, 0.3) is 11.2 Å². The van der Waals surface area contributed by atoms with Crippen molar-refractivity contribution in [2.75, 3.05) is 30.5 Å². The summed E-state index contributed by atoms with van der Waals surface area (Å²) in [5.41, 5.74) is 1.31. The summed E-state index contributed by atoms with van der Waals surface area (Å²) in [7, 11) is 0. The molecule has 4 aromatic rings. The van der Waals surface area contributed by atoms with Gasteiger partial charge >= 0.3 is 6.18 Å². The summed E-state index contributed by atoms with van der Waals surface area (Å²) >= 11 is 0. The molecule has 13 heteroatoms. The molecule has 10 nitrogen and oxygen atoms in total. The first-order chi connectivity index (χ1) is 18.3. The standard InChI is InChI=1S/C25H22F3N7O3/c26-25(27,28)15-3-5-16(6-4-15)31-24-32-22(30-17-7-8-18-19(12-17)38-14-37-18)21-23(33-24)35(13-29-21)11-10-34-9-1-2-20(34)36/h3-8,12-13H,1-2,9-11,14H2,(H2,30,31,32,33). The number of imidazole rings is 1. The van der Waals surface area contributed by atoms with Gasteiger partial charge in [0.2, 0.25) is 18.6 Å². The van der Waals surface area contributed by atoms with Crippen molar-refractivity contribution in [2.24, 2.45) is 0 Å². The summed E-state index contributed by atoms with van der Waals surface area (Å²) < 4.78 is 51.6. The van der Waals surface area contributed by atoms with Crippen molar-refractivity contribution in [2.45, 2.75) is 25.6 Å². The van der Waals surface area contributed by atoms with E-state index in [9.17, 15) is 18.0 Å². The third-order valence-electron chi connectivity index (χ3n) is 6.35. The van der Waals surface area contributed by atoms with Crippen LogP contribution in [-0.2, 0) is 17.5 Å². The molecule has 6 rings (SSSR count). The Morgan fingerprint density at radius 1 is 0.947 bits per heavy atom. The predicted molar refractivity (Wildman–Crippen MR) is 132 cm³/mol. The Hall–Kier alpha value is -4.55. The third kappa shape index (κ3) is 4.74. The molecule has 2 aliphatic heterocycles.